The molecule has 7 nitrogen and oxygen atoms in total. The number of aromatic nitrogens is 3. The van der Waals surface area contributed by atoms with E-state index in [1.165, 1.54) is 0 Å². The van der Waals surface area contributed by atoms with Crippen molar-refractivity contribution in [3.63, 3.8) is 0 Å². The van der Waals surface area contributed by atoms with Gasteiger partial charge < -0.3 is 14.8 Å². The predicted octanol–water partition coefficient (Wildman–Crippen LogP) is 3.59. The van der Waals surface area contributed by atoms with Crippen LogP contribution in [0.25, 0.3) is 11.0 Å². The zero-order valence-corrected chi connectivity index (χ0v) is 15.5. The molecule has 0 aliphatic heterocycles. The molecule has 0 spiro atoms. The third-order valence-electron chi connectivity index (χ3n) is 4.15. The van der Waals surface area contributed by atoms with E-state index in [0.29, 0.717) is 28.4 Å². The Morgan fingerprint density at radius 3 is 2.62 bits per heavy atom. The number of anilines is 1. The number of carbonyl (C=O) groups excluding carboxylic acids is 1. The summed E-state index contributed by atoms with van der Waals surface area (Å²) in [7, 11) is 3.12. The Bertz CT molecular complexity index is 963. The van der Waals surface area contributed by atoms with Crippen LogP contribution in [0.2, 0.25) is 0 Å². The molecule has 0 aliphatic rings. The Hall–Kier alpha value is -3.09. The Balaban J connectivity index is 1.94. The van der Waals surface area contributed by atoms with Crippen LogP contribution in [-0.2, 0) is 0 Å². The van der Waals surface area contributed by atoms with Crippen LogP contribution in [-0.4, -0.2) is 34.9 Å². The summed E-state index contributed by atoms with van der Waals surface area (Å²) in [6.45, 7) is 5.90. The summed E-state index contributed by atoms with van der Waals surface area (Å²) in [6.07, 6.45) is 1.73. The second-order valence-corrected chi connectivity index (χ2v) is 6.24. The van der Waals surface area contributed by atoms with Crippen LogP contribution in [0.3, 0.4) is 0 Å². The van der Waals surface area contributed by atoms with E-state index in [1.54, 1.807) is 38.6 Å². The quantitative estimate of drug-likeness (QED) is 0.757. The lowest BCUT2D eigenvalue weighted by Crippen LogP contribution is -2.15. The number of benzene rings is 1. The molecule has 2 heterocycles. The number of fused-ring (bicyclic) bond motifs is 1. The molecule has 2 aromatic heterocycles. The molecule has 0 bridgehead atoms. The molecule has 0 saturated carbocycles. The van der Waals surface area contributed by atoms with Crippen LogP contribution in [0.5, 0.6) is 11.5 Å². The Labute approximate surface area is 151 Å². The molecule has 7 heteroatoms. The van der Waals surface area contributed by atoms with Gasteiger partial charge in [0, 0.05) is 17.5 Å². The van der Waals surface area contributed by atoms with Gasteiger partial charge in [-0.2, -0.15) is 5.10 Å². The van der Waals surface area contributed by atoms with Crippen molar-refractivity contribution in [3.05, 3.63) is 41.7 Å². The van der Waals surface area contributed by atoms with Crippen LogP contribution < -0.4 is 14.8 Å². The smallest absolute Gasteiger partial charge is 0.257 e. The molecule has 0 saturated heterocycles. The second kappa shape index (κ2) is 7.03. The van der Waals surface area contributed by atoms with Crippen LogP contribution in [0.15, 0.2) is 30.5 Å². The SMILES string of the molecule is COc1ccc(NC(=O)c2cc3cnn(C(C)C)c3nc2C)c(OC)c1. The third kappa shape index (κ3) is 3.20. The van der Waals surface area contributed by atoms with E-state index in [1.807, 2.05) is 31.5 Å². The number of rotatable bonds is 5. The molecule has 0 fully saturated rings. The molecule has 0 radical (unpaired) electrons. The first kappa shape index (κ1) is 17.7. The number of hydrogen-bond donors (Lipinski definition) is 1. The maximum Gasteiger partial charge on any atom is 0.257 e. The van der Waals surface area contributed by atoms with E-state index < -0.39 is 0 Å². The topological polar surface area (TPSA) is 78.3 Å². The number of ether oxygens (including phenoxy) is 2. The number of amides is 1. The van der Waals surface area contributed by atoms with Gasteiger partial charge in [-0.25, -0.2) is 9.67 Å². The van der Waals surface area contributed by atoms with Crippen molar-refractivity contribution in [2.75, 3.05) is 19.5 Å². The molecule has 1 amide bonds. The maximum absolute atomic E-state index is 12.8. The first-order valence-corrected chi connectivity index (χ1v) is 8.32. The summed E-state index contributed by atoms with van der Waals surface area (Å²) < 4.78 is 12.4. The van der Waals surface area contributed by atoms with Crippen molar-refractivity contribution >= 4 is 22.6 Å². The zero-order chi connectivity index (χ0) is 18.8. The van der Waals surface area contributed by atoms with Gasteiger partial charge in [-0.3, -0.25) is 4.79 Å². The number of hydrogen-bond acceptors (Lipinski definition) is 5. The summed E-state index contributed by atoms with van der Waals surface area (Å²) in [5, 5.41) is 8.06. The lowest BCUT2D eigenvalue weighted by molar-refractivity contribution is 0.102. The number of carbonyl (C=O) groups is 1. The van der Waals surface area contributed by atoms with Crippen molar-refractivity contribution in [3.8, 4) is 11.5 Å². The minimum atomic E-state index is -0.252. The summed E-state index contributed by atoms with van der Waals surface area (Å²) in [4.78, 5) is 17.4. The molecule has 3 aromatic rings. The lowest BCUT2D eigenvalue weighted by Gasteiger charge is -2.13. The molecule has 0 unspecified atom stereocenters. The normalized spacial score (nSPS) is 11.0. The Kier molecular flexibility index (Phi) is 4.79. The van der Waals surface area contributed by atoms with Crippen LogP contribution in [0.1, 0.15) is 35.9 Å². The van der Waals surface area contributed by atoms with E-state index in [0.717, 1.165) is 11.0 Å². The maximum atomic E-state index is 12.8. The molecule has 3 rings (SSSR count). The van der Waals surface area contributed by atoms with Gasteiger partial charge in [0.15, 0.2) is 5.65 Å². The van der Waals surface area contributed by atoms with Crippen LogP contribution in [0.4, 0.5) is 5.69 Å². The van der Waals surface area contributed by atoms with E-state index in [2.05, 4.69) is 15.4 Å². The van der Waals surface area contributed by atoms with Crippen molar-refractivity contribution < 1.29 is 14.3 Å². The molecular formula is C19H22N4O3. The molecular weight excluding hydrogens is 332 g/mol. The highest BCUT2D eigenvalue weighted by Crippen LogP contribution is 2.30. The highest BCUT2D eigenvalue weighted by molar-refractivity contribution is 6.07. The highest BCUT2D eigenvalue weighted by atomic mass is 16.5. The van der Waals surface area contributed by atoms with Gasteiger partial charge in [-0.15, -0.1) is 0 Å². The average Bonchev–Trinajstić information content (AvgIpc) is 3.04. The first-order valence-electron chi connectivity index (χ1n) is 8.32. The number of nitrogens with one attached hydrogen (secondary N) is 1. The van der Waals surface area contributed by atoms with Crippen LogP contribution >= 0.6 is 0 Å². The summed E-state index contributed by atoms with van der Waals surface area (Å²) in [5.74, 6) is 0.926. The van der Waals surface area contributed by atoms with E-state index >= 15 is 0 Å². The average molecular weight is 354 g/mol. The molecule has 0 atom stereocenters. The van der Waals surface area contributed by atoms with Crippen molar-refractivity contribution in [2.45, 2.75) is 26.8 Å². The van der Waals surface area contributed by atoms with Gasteiger partial charge in [0.05, 0.1) is 37.4 Å². The van der Waals surface area contributed by atoms with Gasteiger partial charge in [-0.05, 0) is 39.0 Å². The van der Waals surface area contributed by atoms with Gasteiger partial charge in [0.2, 0.25) is 0 Å². The molecule has 1 aromatic carbocycles. The minimum Gasteiger partial charge on any atom is -0.497 e. The Morgan fingerprint density at radius 2 is 1.96 bits per heavy atom. The standard InChI is InChI=1S/C19H22N4O3/c1-11(2)23-18-13(10-20-23)8-15(12(3)21-18)19(24)22-16-7-6-14(25-4)9-17(16)26-5/h6-11H,1-5H3,(H,22,24). The summed E-state index contributed by atoms with van der Waals surface area (Å²) in [5.41, 5.74) is 2.48. The third-order valence-corrected chi connectivity index (χ3v) is 4.15. The molecule has 0 aliphatic carbocycles. The van der Waals surface area contributed by atoms with Crippen LogP contribution in [0, 0.1) is 6.92 Å². The van der Waals surface area contributed by atoms with Crippen molar-refractivity contribution in [1.29, 1.82) is 0 Å². The fourth-order valence-electron chi connectivity index (χ4n) is 2.76. The number of aryl methyl sites for hydroxylation is 1. The fourth-order valence-corrected chi connectivity index (χ4v) is 2.76. The summed E-state index contributed by atoms with van der Waals surface area (Å²) >= 11 is 0. The Morgan fingerprint density at radius 1 is 1.19 bits per heavy atom. The number of methoxy groups -OCH3 is 2. The summed E-state index contributed by atoms with van der Waals surface area (Å²) in [6, 6.07) is 7.24. The fraction of sp³-hybridized carbons (Fsp3) is 0.316. The molecule has 136 valence electrons. The van der Waals surface area contributed by atoms with E-state index in [4.69, 9.17) is 9.47 Å². The highest BCUT2D eigenvalue weighted by Gasteiger charge is 2.17. The van der Waals surface area contributed by atoms with Gasteiger partial charge in [-0.1, -0.05) is 0 Å². The minimum absolute atomic E-state index is 0.197. The predicted molar refractivity (Wildman–Crippen MR) is 100 cm³/mol. The van der Waals surface area contributed by atoms with Crippen molar-refractivity contribution in [1.82, 2.24) is 14.8 Å². The van der Waals surface area contributed by atoms with E-state index in [9.17, 15) is 4.79 Å². The number of pyridine rings is 1. The van der Waals surface area contributed by atoms with Gasteiger partial charge in [0.1, 0.15) is 11.5 Å². The molecule has 1 N–H and O–H groups in total. The second-order valence-electron chi connectivity index (χ2n) is 6.24. The van der Waals surface area contributed by atoms with E-state index in [-0.39, 0.29) is 11.9 Å². The van der Waals surface area contributed by atoms with Crippen molar-refractivity contribution in [2.24, 2.45) is 0 Å². The largest absolute Gasteiger partial charge is 0.497 e. The number of nitrogens with zero attached hydrogens (tertiary/aromatic N) is 3. The molecule has 26 heavy (non-hydrogen) atoms. The van der Waals surface area contributed by atoms with Gasteiger partial charge >= 0.3 is 0 Å². The zero-order valence-electron chi connectivity index (χ0n) is 15.5. The first-order chi connectivity index (χ1) is 12.4. The lowest BCUT2D eigenvalue weighted by atomic mass is 10.1. The van der Waals surface area contributed by atoms with Gasteiger partial charge in [0.25, 0.3) is 5.91 Å². The monoisotopic (exact) mass is 354 g/mol.